The first-order valence-electron chi connectivity index (χ1n) is 7.75. The summed E-state index contributed by atoms with van der Waals surface area (Å²) in [5.41, 5.74) is -0.241. The number of carbonyl (C=O) groups excluding carboxylic acids is 1. The smallest absolute Gasteiger partial charge is 0.161 e. The third-order valence-corrected chi connectivity index (χ3v) is 1.29. The van der Waals surface area contributed by atoms with E-state index in [9.17, 15) is 4.79 Å². The van der Waals surface area contributed by atoms with Crippen molar-refractivity contribution in [3.05, 3.63) is 23.7 Å². The monoisotopic (exact) mass is 189 g/mol. The van der Waals surface area contributed by atoms with Gasteiger partial charge in [-0.25, -0.2) is 0 Å². The van der Waals surface area contributed by atoms with Gasteiger partial charge in [-0.1, -0.05) is 0 Å². The number of hydrogen-bond acceptors (Lipinski definition) is 3. The fourth-order valence-electron chi connectivity index (χ4n) is 0.751. The molecule has 0 atom stereocenters. The van der Waals surface area contributed by atoms with Gasteiger partial charge < -0.3 is 9.47 Å². The lowest BCUT2D eigenvalue weighted by atomic mass is 10.2. The van der Waals surface area contributed by atoms with Crippen LogP contribution in [0.25, 0.3) is 0 Å². The Bertz CT molecular complexity index is 562. The molecule has 0 aliphatic carbocycles. The van der Waals surface area contributed by atoms with Crippen LogP contribution in [0.3, 0.4) is 0 Å². The molecule has 0 fully saturated rings. The number of aldehydes is 1. The van der Waals surface area contributed by atoms with Gasteiger partial charge in [0.05, 0.1) is 21.8 Å². The van der Waals surface area contributed by atoms with Crippen LogP contribution >= 0.6 is 0 Å². The van der Waals surface area contributed by atoms with Gasteiger partial charge in [0.2, 0.25) is 0 Å². The van der Waals surface area contributed by atoms with E-state index in [-0.39, 0.29) is 11.8 Å². The second-order valence-electron chi connectivity index (χ2n) is 2.03. The van der Waals surface area contributed by atoms with Crippen molar-refractivity contribution in [2.45, 2.75) is 6.85 Å². The number of benzene rings is 1. The highest BCUT2D eigenvalue weighted by Gasteiger charge is 2.03. The van der Waals surface area contributed by atoms with Crippen molar-refractivity contribution >= 4 is 6.29 Å². The molecular weight excluding hydrogens is 168 g/mol. The lowest BCUT2D eigenvalue weighted by Crippen LogP contribution is -1.96. The zero-order chi connectivity index (χ0) is 17.3. The molecule has 13 heavy (non-hydrogen) atoms. The van der Waals surface area contributed by atoms with Crippen molar-refractivity contribution in [3.8, 4) is 11.5 Å². The SMILES string of the molecule is [2H]c1c(C=O)ccc(OC([2H])([2H])[2H])c1OC([2H])([2H])C([2H])([2H])[2H]. The van der Waals surface area contributed by atoms with E-state index in [0.717, 1.165) is 12.1 Å². The Morgan fingerprint density at radius 3 is 3.31 bits per heavy atom. The topological polar surface area (TPSA) is 35.5 Å². The maximum absolute atomic E-state index is 10.8. The number of methoxy groups -OCH3 is 1. The third-order valence-electron chi connectivity index (χ3n) is 1.29. The highest BCUT2D eigenvalue weighted by Crippen LogP contribution is 2.27. The van der Waals surface area contributed by atoms with Crippen LogP contribution in [0.1, 0.15) is 29.5 Å². The number of carbonyl (C=O) groups is 1. The van der Waals surface area contributed by atoms with Gasteiger partial charge in [0.15, 0.2) is 11.5 Å². The third kappa shape index (κ3) is 2.21. The minimum Gasteiger partial charge on any atom is -0.493 e. The lowest BCUT2D eigenvalue weighted by molar-refractivity contribution is 0.112. The molecule has 0 saturated carbocycles. The predicted octanol–water partition coefficient (Wildman–Crippen LogP) is 1.91. The summed E-state index contributed by atoms with van der Waals surface area (Å²) >= 11 is 0. The summed E-state index contributed by atoms with van der Waals surface area (Å²) in [7, 11) is -2.93. The van der Waals surface area contributed by atoms with Crippen molar-refractivity contribution in [3.63, 3.8) is 0 Å². The van der Waals surface area contributed by atoms with E-state index < -0.39 is 38.0 Å². The van der Waals surface area contributed by atoms with Crippen LogP contribution in [0, 0.1) is 0 Å². The van der Waals surface area contributed by atoms with E-state index in [0.29, 0.717) is 0 Å². The maximum atomic E-state index is 10.8. The molecule has 1 aromatic rings. The van der Waals surface area contributed by atoms with Crippen molar-refractivity contribution in [1.82, 2.24) is 0 Å². The molecular formula is C10H12O3. The number of hydrogen-bond donors (Lipinski definition) is 0. The molecule has 3 heteroatoms. The summed E-state index contributed by atoms with van der Waals surface area (Å²) in [6, 6.07) is 1.39. The molecule has 0 N–H and O–H groups in total. The Morgan fingerprint density at radius 1 is 1.69 bits per heavy atom. The van der Waals surface area contributed by atoms with Crippen LogP contribution in [0.4, 0.5) is 0 Å². The van der Waals surface area contributed by atoms with Crippen molar-refractivity contribution < 1.29 is 26.6 Å². The second-order valence-corrected chi connectivity index (χ2v) is 2.03. The zero-order valence-electron chi connectivity index (χ0n) is 15.5. The van der Waals surface area contributed by atoms with E-state index in [1.807, 2.05) is 0 Å². The van der Waals surface area contributed by atoms with Crippen molar-refractivity contribution in [2.24, 2.45) is 0 Å². The quantitative estimate of drug-likeness (QED) is 0.679. The molecule has 3 nitrogen and oxygen atoms in total. The Morgan fingerprint density at radius 2 is 2.62 bits per heavy atom. The minimum absolute atomic E-state index is 0.241. The van der Waals surface area contributed by atoms with Crippen LogP contribution in [0.15, 0.2) is 18.2 Å². The van der Waals surface area contributed by atoms with E-state index >= 15 is 0 Å². The average molecular weight is 189 g/mol. The van der Waals surface area contributed by atoms with Gasteiger partial charge in [-0.15, -0.1) is 0 Å². The van der Waals surface area contributed by atoms with Gasteiger partial charge in [-0.3, -0.25) is 4.79 Å². The first-order valence-corrected chi connectivity index (χ1v) is 3.25. The molecule has 1 rings (SSSR count). The van der Waals surface area contributed by atoms with Gasteiger partial charge in [0.25, 0.3) is 0 Å². The standard InChI is InChI=1S/C10H12O3/c1-3-13-10-6-8(7-11)4-5-9(10)12-2/h4-7H,3H2,1-2H3/i1D3,2D3,3D2,6D. The normalized spacial score (nSPS) is 22.6. The summed E-state index contributed by atoms with van der Waals surface area (Å²) in [5.74, 6) is -1.34. The van der Waals surface area contributed by atoms with Gasteiger partial charge in [0.1, 0.15) is 6.29 Å². The van der Waals surface area contributed by atoms with Crippen LogP contribution in [-0.4, -0.2) is 19.9 Å². The summed E-state index contributed by atoms with van der Waals surface area (Å²) in [6.07, 6.45) is 0.263. The molecule has 0 aliphatic heterocycles. The highest BCUT2D eigenvalue weighted by molar-refractivity contribution is 5.76. The molecule has 0 heterocycles. The predicted molar refractivity (Wildman–Crippen MR) is 49.6 cm³/mol. The Hall–Kier alpha value is -1.51. The van der Waals surface area contributed by atoms with Crippen LogP contribution in [0.2, 0.25) is 0 Å². The van der Waals surface area contributed by atoms with E-state index in [1.165, 1.54) is 0 Å². The van der Waals surface area contributed by atoms with Crippen LogP contribution in [-0.2, 0) is 0 Å². The van der Waals surface area contributed by atoms with Gasteiger partial charge in [0, 0.05) is 9.68 Å². The summed E-state index contributed by atoms with van der Waals surface area (Å²) in [4.78, 5) is 10.8. The van der Waals surface area contributed by atoms with Gasteiger partial charge in [-0.05, 0) is 25.0 Å². The van der Waals surface area contributed by atoms with E-state index in [4.69, 9.17) is 12.3 Å². The molecule has 0 aliphatic rings. The molecule has 70 valence electrons. The van der Waals surface area contributed by atoms with Crippen LogP contribution in [0.5, 0.6) is 11.5 Å². The van der Waals surface area contributed by atoms with Gasteiger partial charge >= 0.3 is 0 Å². The summed E-state index contributed by atoms with van der Waals surface area (Å²) in [6.45, 7) is -6.41. The molecule has 0 unspecified atom stereocenters. The fourth-order valence-corrected chi connectivity index (χ4v) is 0.751. The largest absolute Gasteiger partial charge is 0.493 e. The van der Waals surface area contributed by atoms with Crippen molar-refractivity contribution in [1.29, 1.82) is 0 Å². The van der Waals surface area contributed by atoms with Crippen molar-refractivity contribution in [2.75, 3.05) is 13.6 Å². The molecule has 0 spiro atoms. The first-order chi connectivity index (χ1) is 9.78. The minimum atomic E-state index is -3.21. The summed E-state index contributed by atoms with van der Waals surface area (Å²) < 4.78 is 73.9. The molecule has 0 bridgehead atoms. The highest BCUT2D eigenvalue weighted by atomic mass is 16.5. The number of rotatable bonds is 4. The molecule has 0 saturated heterocycles. The fraction of sp³-hybridized carbons (Fsp3) is 0.300. The first kappa shape index (κ1) is 3.01. The van der Waals surface area contributed by atoms with E-state index in [2.05, 4.69) is 9.47 Å². The summed E-state index contributed by atoms with van der Waals surface area (Å²) in [5, 5.41) is 0. The second kappa shape index (κ2) is 4.50. The zero-order valence-corrected chi connectivity index (χ0v) is 6.46. The van der Waals surface area contributed by atoms with Gasteiger partial charge in [-0.2, -0.15) is 0 Å². The average Bonchev–Trinajstić information content (AvgIpc) is 2.31. The van der Waals surface area contributed by atoms with Crippen LogP contribution < -0.4 is 9.47 Å². The lowest BCUT2D eigenvalue weighted by Gasteiger charge is -2.08. The molecule has 1 aromatic carbocycles. The number of ether oxygens (including phenoxy) is 2. The Balaban J connectivity index is 3.39. The molecule has 0 radical (unpaired) electrons. The molecule has 0 aromatic heterocycles. The van der Waals surface area contributed by atoms with E-state index in [1.54, 1.807) is 0 Å². The Labute approximate surface area is 89.9 Å². The molecule has 0 amide bonds. The Kier molecular flexibility index (Phi) is 1.04. The maximum Gasteiger partial charge on any atom is 0.161 e.